The Bertz CT molecular complexity index is 813. The summed E-state index contributed by atoms with van der Waals surface area (Å²) in [6, 6.07) is 14.5. The molecule has 2 atom stereocenters. The zero-order valence-electron chi connectivity index (χ0n) is 16.4. The molecule has 1 unspecified atom stereocenters. The summed E-state index contributed by atoms with van der Waals surface area (Å²) < 4.78 is 5.24. The number of quaternary nitrogens is 1. The maximum atomic E-state index is 12.4. The van der Waals surface area contributed by atoms with Crippen molar-refractivity contribution in [2.24, 2.45) is 0 Å². The average Bonchev–Trinajstić information content (AvgIpc) is 2.67. The first-order valence-electron chi connectivity index (χ1n) is 9.24. The van der Waals surface area contributed by atoms with Crippen LogP contribution in [0.2, 0.25) is 5.02 Å². The third-order valence-electron chi connectivity index (χ3n) is 4.43. The molecule has 0 heterocycles. The van der Waals surface area contributed by atoms with Crippen molar-refractivity contribution in [3.63, 3.8) is 0 Å². The Kier molecular flexibility index (Phi) is 8.29. The van der Waals surface area contributed by atoms with Gasteiger partial charge in [0, 0.05) is 5.02 Å². The minimum atomic E-state index is -0.169. The van der Waals surface area contributed by atoms with Gasteiger partial charge in [0.05, 0.1) is 25.4 Å². The van der Waals surface area contributed by atoms with Crippen molar-refractivity contribution in [2.75, 3.05) is 32.1 Å². The van der Waals surface area contributed by atoms with Crippen molar-refractivity contribution in [3.8, 4) is 5.75 Å². The number of carbonyl (C=O) groups is 2. The lowest BCUT2D eigenvalue weighted by Crippen LogP contribution is -3.14. The Hall–Kier alpha value is -2.57. The average molecular weight is 405 g/mol. The second-order valence-electron chi connectivity index (χ2n) is 6.55. The SMILES string of the molecule is CC[NH+](CC(=O)Nc1ccccc1OC)CC(=O)N[C@@H](C)c1cccc(Cl)c1. The van der Waals surface area contributed by atoms with E-state index in [9.17, 15) is 9.59 Å². The number of benzene rings is 2. The van der Waals surface area contributed by atoms with Gasteiger partial charge in [0.2, 0.25) is 0 Å². The highest BCUT2D eigenvalue weighted by atomic mass is 35.5. The second-order valence-corrected chi connectivity index (χ2v) is 6.99. The third kappa shape index (κ3) is 6.55. The van der Waals surface area contributed by atoms with E-state index in [-0.39, 0.29) is 30.9 Å². The fourth-order valence-corrected chi connectivity index (χ4v) is 3.06. The van der Waals surface area contributed by atoms with Crippen molar-refractivity contribution in [1.29, 1.82) is 0 Å². The maximum Gasteiger partial charge on any atom is 0.279 e. The van der Waals surface area contributed by atoms with Gasteiger partial charge in [0.1, 0.15) is 5.75 Å². The van der Waals surface area contributed by atoms with Crippen LogP contribution in [0.15, 0.2) is 48.5 Å². The van der Waals surface area contributed by atoms with E-state index < -0.39 is 0 Å². The molecule has 0 fully saturated rings. The monoisotopic (exact) mass is 404 g/mol. The zero-order chi connectivity index (χ0) is 20.5. The maximum absolute atomic E-state index is 12.4. The van der Waals surface area contributed by atoms with E-state index in [4.69, 9.17) is 16.3 Å². The van der Waals surface area contributed by atoms with Crippen molar-refractivity contribution in [2.45, 2.75) is 19.9 Å². The first-order chi connectivity index (χ1) is 13.4. The van der Waals surface area contributed by atoms with Gasteiger partial charge < -0.3 is 20.3 Å². The first kappa shape index (κ1) is 21.7. The molecular weight excluding hydrogens is 378 g/mol. The highest BCUT2D eigenvalue weighted by Crippen LogP contribution is 2.22. The summed E-state index contributed by atoms with van der Waals surface area (Å²) in [5.74, 6) is 0.313. The summed E-state index contributed by atoms with van der Waals surface area (Å²) in [5.41, 5.74) is 1.55. The highest BCUT2D eigenvalue weighted by Gasteiger charge is 2.19. The van der Waals surface area contributed by atoms with Gasteiger partial charge in [-0.15, -0.1) is 0 Å². The van der Waals surface area contributed by atoms with Gasteiger partial charge in [0.25, 0.3) is 11.8 Å². The molecule has 2 rings (SSSR count). The van der Waals surface area contributed by atoms with E-state index in [0.29, 0.717) is 23.0 Å². The molecule has 150 valence electrons. The molecule has 0 bridgehead atoms. The van der Waals surface area contributed by atoms with Gasteiger partial charge in [-0.3, -0.25) is 9.59 Å². The number of methoxy groups -OCH3 is 1. The Morgan fingerprint density at radius 3 is 2.50 bits per heavy atom. The number of ether oxygens (including phenoxy) is 1. The van der Waals surface area contributed by atoms with Crippen LogP contribution >= 0.6 is 11.6 Å². The molecule has 2 amide bonds. The Balaban J connectivity index is 1.88. The second kappa shape index (κ2) is 10.7. The predicted molar refractivity (Wildman–Crippen MR) is 111 cm³/mol. The Labute approximate surface area is 170 Å². The molecule has 2 aromatic carbocycles. The lowest BCUT2D eigenvalue weighted by atomic mass is 10.1. The summed E-state index contributed by atoms with van der Waals surface area (Å²) in [7, 11) is 1.56. The fourth-order valence-electron chi connectivity index (χ4n) is 2.86. The standard InChI is InChI=1S/C21H26ClN3O3/c1-4-25(14-21(27)24-18-10-5-6-11-19(18)28-3)13-20(26)23-15(2)16-8-7-9-17(22)12-16/h5-12,15H,4,13-14H2,1-3H3,(H,23,26)(H,24,27)/p+1/t15-/m0/s1. The summed E-state index contributed by atoms with van der Waals surface area (Å²) in [6.45, 7) is 4.90. The van der Waals surface area contributed by atoms with Crippen LogP contribution in [0.5, 0.6) is 5.75 Å². The van der Waals surface area contributed by atoms with Gasteiger partial charge in [-0.25, -0.2) is 0 Å². The van der Waals surface area contributed by atoms with Crippen LogP contribution in [0.4, 0.5) is 5.69 Å². The lowest BCUT2D eigenvalue weighted by molar-refractivity contribution is -0.881. The molecular formula is C21H27ClN3O3+. The van der Waals surface area contributed by atoms with Crippen LogP contribution in [-0.4, -0.2) is 38.6 Å². The smallest absolute Gasteiger partial charge is 0.279 e. The van der Waals surface area contributed by atoms with Crippen LogP contribution in [0.25, 0.3) is 0 Å². The summed E-state index contributed by atoms with van der Waals surface area (Å²) >= 11 is 6.01. The molecule has 2 aromatic rings. The molecule has 3 N–H and O–H groups in total. The van der Waals surface area contributed by atoms with E-state index in [2.05, 4.69) is 10.6 Å². The van der Waals surface area contributed by atoms with Crippen molar-refractivity contribution in [1.82, 2.24) is 5.32 Å². The van der Waals surface area contributed by atoms with Gasteiger partial charge in [0.15, 0.2) is 13.1 Å². The van der Waals surface area contributed by atoms with Crippen LogP contribution in [-0.2, 0) is 9.59 Å². The van der Waals surface area contributed by atoms with E-state index in [1.165, 1.54) is 0 Å². The van der Waals surface area contributed by atoms with Crippen LogP contribution in [0, 0.1) is 0 Å². The molecule has 0 aliphatic rings. The summed E-state index contributed by atoms with van der Waals surface area (Å²) in [4.78, 5) is 25.6. The Morgan fingerprint density at radius 2 is 1.82 bits per heavy atom. The minimum Gasteiger partial charge on any atom is -0.495 e. The number of rotatable bonds is 9. The number of likely N-dealkylation sites (N-methyl/N-ethyl adjacent to an activating group) is 1. The predicted octanol–water partition coefficient (Wildman–Crippen LogP) is 2.07. The molecule has 7 heteroatoms. The normalized spacial score (nSPS) is 12.7. The fraction of sp³-hybridized carbons (Fsp3) is 0.333. The van der Waals surface area contributed by atoms with Crippen LogP contribution in [0.1, 0.15) is 25.5 Å². The molecule has 0 aliphatic carbocycles. The molecule has 28 heavy (non-hydrogen) atoms. The number of amides is 2. The zero-order valence-corrected chi connectivity index (χ0v) is 17.2. The van der Waals surface area contributed by atoms with Crippen molar-refractivity contribution < 1.29 is 19.2 Å². The summed E-state index contributed by atoms with van der Waals surface area (Å²) in [6.07, 6.45) is 0. The molecule has 0 saturated heterocycles. The van der Waals surface area contributed by atoms with Crippen LogP contribution < -0.4 is 20.3 Å². The van der Waals surface area contributed by atoms with Gasteiger partial charge in [-0.05, 0) is 43.7 Å². The van der Waals surface area contributed by atoms with Crippen molar-refractivity contribution >= 4 is 29.1 Å². The number of carbonyl (C=O) groups excluding carboxylic acids is 2. The number of hydrogen-bond acceptors (Lipinski definition) is 3. The number of hydrogen-bond donors (Lipinski definition) is 3. The molecule has 0 saturated carbocycles. The minimum absolute atomic E-state index is 0.116. The third-order valence-corrected chi connectivity index (χ3v) is 4.66. The number of nitrogens with one attached hydrogen (secondary N) is 3. The van der Waals surface area contributed by atoms with E-state index in [1.54, 1.807) is 25.3 Å². The van der Waals surface area contributed by atoms with Gasteiger partial charge in [-0.2, -0.15) is 0 Å². The lowest BCUT2D eigenvalue weighted by Gasteiger charge is -2.19. The summed E-state index contributed by atoms with van der Waals surface area (Å²) in [5, 5.41) is 6.43. The van der Waals surface area contributed by atoms with Crippen molar-refractivity contribution in [3.05, 3.63) is 59.1 Å². The van der Waals surface area contributed by atoms with E-state index >= 15 is 0 Å². The molecule has 0 spiro atoms. The number of para-hydroxylation sites is 2. The number of halogens is 1. The molecule has 0 aromatic heterocycles. The van der Waals surface area contributed by atoms with Crippen LogP contribution in [0.3, 0.4) is 0 Å². The number of anilines is 1. The quantitative estimate of drug-likeness (QED) is 0.599. The molecule has 6 nitrogen and oxygen atoms in total. The Morgan fingerprint density at radius 1 is 1.11 bits per heavy atom. The van der Waals surface area contributed by atoms with Gasteiger partial charge >= 0.3 is 0 Å². The largest absolute Gasteiger partial charge is 0.495 e. The molecule has 0 radical (unpaired) electrons. The molecule has 0 aliphatic heterocycles. The van der Waals surface area contributed by atoms with E-state index in [1.807, 2.05) is 44.2 Å². The van der Waals surface area contributed by atoms with E-state index in [0.717, 1.165) is 10.5 Å². The topological polar surface area (TPSA) is 71.9 Å². The highest BCUT2D eigenvalue weighted by molar-refractivity contribution is 6.30. The van der Waals surface area contributed by atoms with Gasteiger partial charge in [-0.1, -0.05) is 35.9 Å². The first-order valence-corrected chi connectivity index (χ1v) is 9.62.